The smallest absolute Gasteiger partial charge is 0.375 e. The molecule has 27 heavy (non-hydrogen) atoms. The van der Waals surface area contributed by atoms with E-state index in [1.165, 1.54) is 14.0 Å². The molecule has 0 saturated carbocycles. The minimum atomic E-state index is -0.700. The molecule has 8 heteroatoms. The van der Waals surface area contributed by atoms with Crippen LogP contribution in [-0.4, -0.2) is 67.5 Å². The summed E-state index contributed by atoms with van der Waals surface area (Å²) in [5, 5.41) is 0.776. The molecule has 8 nitrogen and oxygen atoms in total. The minimum absolute atomic E-state index is 0.0101. The van der Waals surface area contributed by atoms with Crippen LogP contribution in [0.5, 0.6) is 0 Å². The van der Waals surface area contributed by atoms with Gasteiger partial charge < -0.3 is 23.7 Å². The van der Waals surface area contributed by atoms with E-state index in [0.717, 1.165) is 5.39 Å². The van der Waals surface area contributed by atoms with Crippen LogP contribution in [0.2, 0.25) is 0 Å². The Morgan fingerprint density at radius 1 is 1.07 bits per heavy atom. The van der Waals surface area contributed by atoms with Gasteiger partial charge in [0, 0.05) is 51.2 Å². The molecule has 2 heterocycles. The highest BCUT2D eigenvalue weighted by atomic mass is 16.5. The molecule has 0 unspecified atom stereocenters. The number of fused-ring (bicyclic) bond motifs is 1. The summed E-state index contributed by atoms with van der Waals surface area (Å²) in [5.74, 6) is -0.957. The summed E-state index contributed by atoms with van der Waals surface area (Å²) in [7, 11) is 1.53. The summed E-state index contributed by atoms with van der Waals surface area (Å²) in [6, 6.07) is 7.24. The molecule has 1 saturated heterocycles. The Balaban J connectivity index is 1.63. The zero-order valence-corrected chi connectivity index (χ0v) is 15.4. The summed E-state index contributed by atoms with van der Waals surface area (Å²) >= 11 is 0. The molecule has 2 aromatic rings. The number of amides is 2. The van der Waals surface area contributed by atoms with Crippen molar-refractivity contribution in [3.8, 4) is 0 Å². The minimum Gasteiger partial charge on any atom is -0.450 e. The lowest BCUT2D eigenvalue weighted by molar-refractivity contribution is -0.140. The fourth-order valence-corrected chi connectivity index (χ4v) is 3.11. The topological polar surface area (TPSA) is 89.3 Å². The maximum Gasteiger partial charge on any atom is 0.375 e. The molecular formula is C19H22N2O6. The molecular weight excluding hydrogens is 352 g/mol. The summed E-state index contributed by atoms with van der Waals surface area (Å²) in [4.78, 5) is 39.3. The number of methoxy groups -OCH3 is 1. The second-order valence-electron chi connectivity index (χ2n) is 6.30. The van der Waals surface area contributed by atoms with Gasteiger partial charge >= 0.3 is 5.97 Å². The molecule has 0 N–H and O–H groups in total. The van der Waals surface area contributed by atoms with Crippen LogP contribution in [0.3, 0.4) is 0 Å². The van der Waals surface area contributed by atoms with Gasteiger partial charge in [-0.1, -0.05) is 18.2 Å². The number of para-hydroxylation sites is 1. The van der Waals surface area contributed by atoms with Crippen molar-refractivity contribution in [2.24, 2.45) is 0 Å². The molecule has 1 aromatic heterocycles. The molecule has 0 atom stereocenters. The maximum absolute atomic E-state index is 12.4. The fraction of sp³-hybridized carbons (Fsp3) is 0.421. The number of hydrogen-bond acceptors (Lipinski definition) is 6. The van der Waals surface area contributed by atoms with Gasteiger partial charge in [0.2, 0.25) is 11.7 Å². The SMILES string of the molecule is COCc1c(C(=O)OCC(=O)N2CCN(C(C)=O)CC2)oc2ccccc12. The third kappa shape index (κ3) is 4.11. The molecule has 2 amide bonds. The van der Waals surface area contributed by atoms with Crippen LogP contribution < -0.4 is 0 Å². The molecule has 1 aliphatic rings. The first-order valence-corrected chi connectivity index (χ1v) is 8.71. The number of esters is 1. The quantitative estimate of drug-likeness (QED) is 0.736. The van der Waals surface area contributed by atoms with Gasteiger partial charge in [0.15, 0.2) is 6.61 Å². The van der Waals surface area contributed by atoms with Crippen molar-refractivity contribution >= 4 is 28.8 Å². The Kier molecular flexibility index (Phi) is 5.75. The van der Waals surface area contributed by atoms with Crippen molar-refractivity contribution in [2.75, 3.05) is 39.9 Å². The average molecular weight is 374 g/mol. The summed E-state index contributed by atoms with van der Waals surface area (Å²) in [6.45, 7) is 3.15. The van der Waals surface area contributed by atoms with Gasteiger partial charge in [-0.05, 0) is 6.07 Å². The van der Waals surface area contributed by atoms with Crippen molar-refractivity contribution in [1.82, 2.24) is 9.80 Å². The fourth-order valence-electron chi connectivity index (χ4n) is 3.11. The van der Waals surface area contributed by atoms with E-state index in [1.807, 2.05) is 18.2 Å². The van der Waals surface area contributed by atoms with E-state index in [1.54, 1.807) is 15.9 Å². The molecule has 3 rings (SSSR count). The number of ether oxygens (including phenoxy) is 2. The van der Waals surface area contributed by atoms with Crippen molar-refractivity contribution in [3.05, 3.63) is 35.6 Å². The number of furan rings is 1. The lowest BCUT2D eigenvalue weighted by Crippen LogP contribution is -2.51. The normalized spacial score (nSPS) is 14.4. The number of rotatable bonds is 5. The van der Waals surface area contributed by atoms with Gasteiger partial charge in [-0.15, -0.1) is 0 Å². The van der Waals surface area contributed by atoms with E-state index < -0.39 is 5.97 Å². The van der Waals surface area contributed by atoms with Crippen molar-refractivity contribution in [3.63, 3.8) is 0 Å². The Hall–Kier alpha value is -2.87. The van der Waals surface area contributed by atoms with Gasteiger partial charge in [-0.25, -0.2) is 4.79 Å². The van der Waals surface area contributed by atoms with Gasteiger partial charge in [0.25, 0.3) is 5.91 Å². The first-order chi connectivity index (χ1) is 13.0. The van der Waals surface area contributed by atoms with E-state index >= 15 is 0 Å². The molecule has 144 valence electrons. The largest absolute Gasteiger partial charge is 0.450 e. The van der Waals surface area contributed by atoms with Crippen LogP contribution in [0.4, 0.5) is 0 Å². The molecule has 1 fully saturated rings. The number of benzene rings is 1. The number of carbonyl (C=O) groups excluding carboxylic acids is 3. The van der Waals surface area contributed by atoms with Crippen LogP contribution >= 0.6 is 0 Å². The van der Waals surface area contributed by atoms with Crippen LogP contribution in [0.1, 0.15) is 23.0 Å². The lowest BCUT2D eigenvalue weighted by Gasteiger charge is -2.34. The monoisotopic (exact) mass is 374 g/mol. The first-order valence-electron chi connectivity index (χ1n) is 8.71. The highest BCUT2D eigenvalue weighted by Gasteiger charge is 2.25. The molecule has 0 radical (unpaired) electrons. The summed E-state index contributed by atoms with van der Waals surface area (Å²) < 4.78 is 15.9. The van der Waals surface area contributed by atoms with Crippen LogP contribution in [0.25, 0.3) is 11.0 Å². The highest BCUT2D eigenvalue weighted by molar-refractivity contribution is 5.96. The van der Waals surface area contributed by atoms with Crippen LogP contribution in [0.15, 0.2) is 28.7 Å². The van der Waals surface area contributed by atoms with Gasteiger partial charge in [-0.3, -0.25) is 9.59 Å². The zero-order valence-electron chi connectivity index (χ0n) is 15.4. The number of carbonyl (C=O) groups is 3. The van der Waals surface area contributed by atoms with E-state index in [2.05, 4.69) is 0 Å². The maximum atomic E-state index is 12.4. The van der Waals surface area contributed by atoms with Crippen LogP contribution in [-0.2, 0) is 25.7 Å². The summed E-state index contributed by atoms with van der Waals surface area (Å²) in [6.07, 6.45) is 0. The highest BCUT2D eigenvalue weighted by Crippen LogP contribution is 2.27. The van der Waals surface area contributed by atoms with Crippen molar-refractivity contribution < 1.29 is 28.3 Å². The van der Waals surface area contributed by atoms with Gasteiger partial charge in [0.1, 0.15) is 5.58 Å². The van der Waals surface area contributed by atoms with E-state index in [-0.39, 0.29) is 30.8 Å². The van der Waals surface area contributed by atoms with Gasteiger partial charge in [-0.2, -0.15) is 0 Å². The Labute approximate surface area is 156 Å². The number of nitrogens with zero attached hydrogens (tertiary/aromatic N) is 2. The third-order valence-electron chi connectivity index (χ3n) is 4.58. The van der Waals surface area contributed by atoms with E-state index in [9.17, 15) is 14.4 Å². The summed E-state index contributed by atoms with van der Waals surface area (Å²) in [5.41, 5.74) is 1.16. The zero-order chi connectivity index (χ0) is 19.4. The lowest BCUT2D eigenvalue weighted by atomic mass is 10.1. The third-order valence-corrected chi connectivity index (χ3v) is 4.58. The Morgan fingerprint density at radius 3 is 2.41 bits per heavy atom. The van der Waals surface area contributed by atoms with Crippen LogP contribution in [0, 0.1) is 0 Å². The van der Waals surface area contributed by atoms with Gasteiger partial charge in [0.05, 0.1) is 6.61 Å². The Bertz CT molecular complexity index is 851. The van der Waals surface area contributed by atoms with E-state index in [0.29, 0.717) is 37.3 Å². The molecule has 1 aromatic carbocycles. The van der Waals surface area contributed by atoms with E-state index in [4.69, 9.17) is 13.9 Å². The Morgan fingerprint density at radius 2 is 1.74 bits per heavy atom. The second-order valence-corrected chi connectivity index (χ2v) is 6.30. The molecule has 1 aliphatic heterocycles. The first kappa shape index (κ1) is 18.9. The second kappa shape index (κ2) is 8.22. The average Bonchev–Trinajstić information content (AvgIpc) is 3.05. The molecule has 0 spiro atoms. The molecule has 0 aliphatic carbocycles. The number of hydrogen-bond donors (Lipinski definition) is 0. The standard InChI is InChI=1S/C19H22N2O6/c1-13(22)20-7-9-21(10-8-20)17(23)12-26-19(24)18-15(11-25-2)14-5-3-4-6-16(14)27-18/h3-6H,7-12H2,1-2H3. The van der Waals surface area contributed by atoms with Crippen molar-refractivity contribution in [1.29, 1.82) is 0 Å². The predicted octanol–water partition coefficient (Wildman–Crippen LogP) is 1.43. The number of piperazine rings is 1. The molecule has 0 bridgehead atoms. The predicted molar refractivity (Wildman–Crippen MR) is 96.0 cm³/mol. The van der Waals surface area contributed by atoms with Crippen molar-refractivity contribution in [2.45, 2.75) is 13.5 Å².